The van der Waals surface area contributed by atoms with E-state index in [1.807, 2.05) is 4.90 Å². The molecule has 0 atom stereocenters. The van der Waals surface area contributed by atoms with Crippen molar-refractivity contribution in [3.8, 4) is 0 Å². The van der Waals surface area contributed by atoms with Crippen LogP contribution in [0, 0.1) is 0 Å². The van der Waals surface area contributed by atoms with Crippen LogP contribution in [-0.2, 0) is 22.8 Å². The lowest BCUT2D eigenvalue weighted by atomic mass is 10.3. The molecule has 0 unspecified atom stereocenters. The van der Waals surface area contributed by atoms with Gasteiger partial charge in [-0.15, -0.1) is 0 Å². The van der Waals surface area contributed by atoms with Gasteiger partial charge in [-0.25, -0.2) is 13.1 Å². The van der Waals surface area contributed by atoms with E-state index in [2.05, 4.69) is 14.8 Å². The van der Waals surface area contributed by atoms with Crippen LogP contribution in [0.15, 0.2) is 27.8 Å². The van der Waals surface area contributed by atoms with Crippen molar-refractivity contribution in [1.29, 1.82) is 0 Å². The number of aromatic nitrogens is 3. The molecular formula is C13H16ClN5O4S. The molecule has 24 heavy (non-hydrogen) atoms. The number of sulfonamides is 1. The first-order valence-electron chi connectivity index (χ1n) is 7.22. The van der Waals surface area contributed by atoms with E-state index in [-0.39, 0.29) is 16.3 Å². The van der Waals surface area contributed by atoms with E-state index in [9.17, 15) is 13.2 Å². The third kappa shape index (κ3) is 3.30. The van der Waals surface area contributed by atoms with Gasteiger partial charge in [-0.2, -0.15) is 9.40 Å². The summed E-state index contributed by atoms with van der Waals surface area (Å²) in [5, 5.41) is 7.68. The summed E-state index contributed by atoms with van der Waals surface area (Å²) in [7, 11) is -1.95. The summed E-state index contributed by atoms with van der Waals surface area (Å²) in [5.74, 6) is -0.197. The monoisotopic (exact) mass is 373 g/mol. The first-order valence-corrected chi connectivity index (χ1v) is 9.21. The lowest BCUT2D eigenvalue weighted by molar-refractivity contribution is 0.381. The third-order valence-corrected chi connectivity index (χ3v) is 6.02. The Morgan fingerprint density at radius 3 is 2.62 bits per heavy atom. The highest BCUT2D eigenvalue weighted by atomic mass is 35.5. The molecule has 1 aliphatic heterocycles. The SMILES string of the molecule is Cn1ncc(N2CCN(S(=O)(=O)Cc3ccon3)CC2)c(Cl)c1=O. The Labute approximate surface area is 143 Å². The molecule has 2 aromatic heterocycles. The highest BCUT2D eigenvalue weighted by Crippen LogP contribution is 2.23. The van der Waals surface area contributed by atoms with Crippen LogP contribution in [0.1, 0.15) is 5.69 Å². The first kappa shape index (κ1) is 16.9. The van der Waals surface area contributed by atoms with E-state index >= 15 is 0 Å². The van der Waals surface area contributed by atoms with Crippen molar-refractivity contribution in [3.63, 3.8) is 0 Å². The molecule has 11 heteroatoms. The number of hydrogen-bond donors (Lipinski definition) is 0. The quantitative estimate of drug-likeness (QED) is 0.747. The third-order valence-electron chi connectivity index (χ3n) is 3.85. The van der Waals surface area contributed by atoms with Gasteiger partial charge in [0, 0.05) is 39.3 Å². The van der Waals surface area contributed by atoms with Gasteiger partial charge in [0.25, 0.3) is 5.56 Å². The van der Waals surface area contributed by atoms with Crippen molar-refractivity contribution in [2.24, 2.45) is 7.05 Å². The van der Waals surface area contributed by atoms with Crippen molar-refractivity contribution in [3.05, 3.63) is 39.6 Å². The normalized spacial score (nSPS) is 16.5. The Bertz CT molecular complexity index is 872. The van der Waals surface area contributed by atoms with Crippen molar-refractivity contribution < 1.29 is 12.9 Å². The standard InChI is InChI=1S/C13H16ClN5O4S/c1-17-13(20)12(14)11(8-15-17)18-3-5-19(6-4-18)24(21,22)9-10-2-7-23-16-10/h2,7-8H,3-6,9H2,1H3. The molecule has 0 aliphatic carbocycles. The first-order chi connectivity index (χ1) is 11.4. The zero-order valence-corrected chi connectivity index (χ0v) is 14.5. The van der Waals surface area contributed by atoms with Crippen molar-refractivity contribution in [2.75, 3.05) is 31.1 Å². The topological polar surface area (TPSA) is 102 Å². The van der Waals surface area contributed by atoms with Crippen LogP contribution in [0.3, 0.4) is 0 Å². The van der Waals surface area contributed by atoms with Crippen molar-refractivity contribution in [2.45, 2.75) is 5.75 Å². The van der Waals surface area contributed by atoms with Gasteiger partial charge < -0.3 is 9.42 Å². The van der Waals surface area contributed by atoms with Gasteiger partial charge in [0.1, 0.15) is 17.0 Å². The molecule has 9 nitrogen and oxygen atoms in total. The summed E-state index contributed by atoms with van der Waals surface area (Å²) in [6.07, 6.45) is 2.86. The van der Waals surface area contributed by atoms with E-state index < -0.39 is 10.0 Å². The molecule has 3 heterocycles. The molecule has 0 aromatic carbocycles. The Hall–Kier alpha value is -1.91. The lowest BCUT2D eigenvalue weighted by Crippen LogP contribution is -2.49. The number of halogens is 1. The van der Waals surface area contributed by atoms with Gasteiger partial charge in [-0.1, -0.05) is 16.8 Å². The number of piperazine rings is 1. The predicted octanol–water partition coefficient (Wildman–Crippen LogP) is 0.0737. The smallest absolute Gasteiger partial charge is 0.287 e. The van der Waals surface area contributed by atoms with Crippen LogP contribution in [-0.4, -0.2) is 53.8 Å². The number of anilines is 1. The van der Waals surface area contributed by atoms with Gasteiger partial charge in [0.05, 0.1) is 17.6 Å². The number of rotatable bonds is 4. The second-order valence-corrected chi connectivity index (χ2v) is 7.75. The highest BCUT2D eigenvalue weighted by Gasteiger charge is 2.29. The molecule has 130 valence electrons. The lowest BCUT2D eigenvalue weighted by Gasteiger charge is -2.35. The van der Waals surface area contributed by atoms with Gasteiger partial charge in [0.15, 0.2) is 0 Å². The molecule has 1 fully saturated rings. The number of nitrogens with zero attached hydrogens (tertiary/aromatic N) is 5. The maximum atomic E-state index is 12.4. The fourth-order valence-corrected chi connectivity index (χ4v) is 4.24. The van der Waals surface area contributed by atoms with E-state index in [4.69, 9.17) is 11.6 Å². The van der Waals surface area contributed by atoms with E-state index in [1.54, 1.807) is 0 Å². The maximum Gasteiger partial charge on any atom is 0.287 e. The molecule has 3 rings (SSSR count). The average Bonchev–Trinajstić information content (AvgIpc) is 3.05. The van der Waals surface area contributed by atoms with E-state index in [1.165, 1.54) is 29.9 Å². The summed E-state index contributed by atoms with van der Waals surface area (Å²) in [4.78, 5) is 13.7. The Morgan fingerprint density at radius 2 is 2.00 bits per heavy atom. The largest absolute Gasteiger partial charge is 0.366 e. The number of aryl methyl sites for hydroxylation is 1. The molecule has 1 saturated heterocycles. The molecular weight excluding hydrogens is 358 g/mol. The van der Waals surface area contributed by atoms with Crippen molar-refractivity contribution >= 4 is 27.3 Å². The summed E-state index contributed by atoms with van der Waals surface area (Å²) in [5.41, 5.74) is 0.514. The fourth-order valence-electron chi connectivity index (χ4n) is 2.52. The van der Waals surface area contributed by atoms with E-state index in [0.29, 0.717) is 37.6 Å². The highest BCUT2D eigenvalue weighted by molar-refractivity contribution is 7.88. The summed E-state index contributed by atoms with van der Waals surface area (Å²) in [6, 6.07) is 1.53. The second-order valence-electron chi connectivity index (χ2n) is 5.41. The fraction of sp³-hybridized carbons (Fsp3) is 0.462. The molecule has 0 amide bonds. The Balaban J connectivity index is 1.70. The minimum absolute atomic E-state index is 0.0893. The maximum absolute atomic E-state index is 12.4. The Morgan fingerprint density at radius 1 is 1.29 bits per heavy atom. The van der Waals surface area contributed by atoms with Crippen LogP contribution in [0.25, 0.3) is 0 Å². The van der Waals surface area contributed by atoms with Crippen LogP contribution in [0.5, 0.6) is 0 Å². The van der Waals surface area contributed by atoms with Crippen molar-refractivity contribution in [1.82, 2.24) is 19.2 Å². The zero-order valence-electron chi connectivity index (χ0n) is 12.9. The molecule has 1 aliphatic rings. The van der Waals surface area contributed by atoms with Crippen LogP contribution < -0.4 is 10.5 Å². The molecule has 0 bridgehead atoms. The van der Waals surface area contributed by atoms with Gasteiger partial charge in [0.2, 0.25) is 10.0 Å². The van der Waals surface area contributed by atoms with E-state index in [0.717, 1.165) is 4.68 Å². The van der Waals surface area contributed by atoms with Crippen LogP contribution in [0.2, 0.25) is 5.02 Å². The van der Waals surface area contributed by atoms with Crippen LogP contribution in [0.4, 0.5) is 5.69 Å². The summed E-state index contributed by atoms with van der Waals surface area (Å²) < 4.78 is 32.0. The predicted molar refractivity (Wildman–Crippen MR) is 87.4 cm³/mol. The molecule has 0 N–H and O–H groups in total. The minimum atomic E-state index is -3.47. The molecule has 0 saturated carbocycles. The average molecular weight is 374 g/mol. The number of hydrogen-bond acceptors (Lipinski definition) is 7. The zero-order chi connectivity index (χ0) is 17.3. The van der Waals surface area contributed by atoms with Crippen LogP contribution >= 0.6 is 11.6 Å². The summed E-state index contributed by atoms with van der Waals surface area (Å²) in [6.45, 7) is 1.44. The second kappa shape index (κ2) is 6.54. The van der Waals surface area contributed by atoms with Gasteiger partial charge in [-0.05, 0) is 0 Å². The summed E-state index contributed by atoms with van der Waals surface area (Å²) >= 11 is 6.09. The molecule has 0 radical (unpaired) electrons. The van der Waals surface area contributed by atoms with Gasteiger partial charge in [-0.3, -0.25) is 4.79 Å². The Kier molecular flexibility index (Phi) is 4.61. The minimum Gasteiger partial charge on any atom is -0.366 e. The molecule has 0 spiro atoms. The van der Waals surface area contributed by atoms with Gasteiger partial charge >= 0.3 is 0 Å². The molecule has 2 aromatic rings.